The lowest BCUT2D eigenvalue weighted by Crippen LogP contribution is -2.31. The maximum atomic E-state index is 10.3. The topological polar surface area (TPSA) is 32.3 Å². The first kappa shape index (κ1) is 14.8. The van der Waals surface area contributed by atoms with Gasteiger partial charge in [-0.15, -0.1) is 0 Å². The van der Waals surface area contributed by atoms with Gasteiger partial charge in [0.1, 0.15) is 0 Å². The van der Waals surface area contributed by atoms with Gasteiger partial charge < -0.3 is 10.4 Å². The van der Waals surface area contributed by atoms with Gasteiger partial charge in [0, 0.05) is 12.6 Å². The number of hydrogen-bond acceptors (Lipinski definition) is 2. The van der Waals surface area contributed by atoms with Crippen LogP contribution < -0.4 is 5.32 Å². The average molecular weight is 269 g/mol. The van der Waals surface area contributed by atoms with Crippen molar-refractivity contribution < 1.29 is 5.11 Å². The third-order valence-electron chi connectivity index (χ3n) is 3.73. The molecule has 0 amide bonds. The SMILES string of the molecule is Cc1ccc(C)c(CNC(C)[C@@H](O)c2ccccc2)c1. The lowest BCUT2D eigenvalue weighted by molar-refractivity contribution is 0.135. The molecule has 0 aliphatic rings. The van der Waals surface area contributed by atoms with E-state index in [1.807, 2.05) is 37.3 Å². The fourth-order valence-corrected chi connectivity index (χ4v) is 2.31. The van der Waals surface area contributed by atoms with Gasteiger partial charge in [-0.05, 0) is 37.5 Å². The zero-order valence-electron chi connectivity index (χ0n) is 12.4. The second-order valence-electron chi connectivity index (χ2n) is 5.46. The third-order valence-corrected chi connectivity index (χ3v) is 3.73. The van der Waals surface area contributed by atoms with Crippen molar-refractivity contribution in [2.24, 2.45) is 0 Å². The zero-order chi connectivity index (χ0) is 14.5. The van der Waals surface area contributed by atoms with E-state index in [9.17, 15) is 5.11 Å². The summed E-state index contributed by atoms with van der Waals surface area (Å²) in [6, 6.07) is 16.3. The van der Waals surface area contributed by atoms with E-state index < -0.39 is 6.10 Å². The molecule has 20 heavy (non-hydrogen) atoms. The van der Waals surface area contributed by atoms with Crippen molar-refractivity contribution in [2.75, 3.05) is 0 Å². The lowest BCUT2D eigenvalue weighted by atomic mass is 10.0. The van der Waals surface area contributed by atoms with Crippen molar-refractivity contribution in [3.63, 3.8) is 0 Å². The van der Waals surface area contributed by atoms with E-state index >= 15 is 0 Å². The monoisotopic (exact) mass is 269 g/mol. The molecule has 0 bridgehead atoms. The van der Waals surface area contributed by atoms with Crippen LogP contribution in [-0.2, 0) is 6.54 Å². The Labute approximate surface area is 121 Å². The van der Waals surface area contributed by atoms with Crippen molar-refractivity contribution in [2.45, 2.75) is 39.5 Å². The molecule has 0 heterocycles. The van der Waals surface area contributed by atoms with Crippen LogP contribution in [0.3, 0.4) is 0 Å². The Balaban J connectivity index is 1.98. The molecule has 106 valence electrons. The standard InChI is InChI=1S/C18H23NO/c1-13-9-10-14(2)17(11-13)12-19-15(3)18(20)16-7-5-4-6-8-16/h4-11,15,18-20H,12H2,1-3H3/t15?,18-/m1/s1. The minimum atomic E-state index is -0.485. The Morgan fingerprint density at radius 1 is 1.05 bits per heavy atom. The highest BCUT2D eigenvalue weighted by molar-refractivity contribution is 5.30. The van der Waals surface area contributed by atoms with Gasteiger partial charge in [0.25, 0.3) is 0 Å². The van der Waals surface area contributed by atoms with Crippen LogP contribution in [0.4, 0.5) is 0 Å². The van der Waals surface area contributed by atoms with Crippen LogP contribution >= 0.6 is 0 Å². The summed E-state index contributed by atoms with van der Waals surface area (Å²) in [6.07, 6.45) is -0.485. The summed E-state index contributed by atoms with van der Waals surface area (Å²) in [7, 11) is 0. The first-order valence-corrected chi connectivity index (χ1v) is 7.10. The van der Waals surface area contributed by atoms with E-state index in [1.54, 1.807) is 0 Å². The maximum Gasteiger partial charge on any atom is 0.0940 e. The quantitative estimate of drug-likeness (QED) is 0.870. The first-order chi connectivity index (χ1) is 9.58. The molecule has 0 aromatic heterocycles. The molecular formula is C18H23NO. The summed E-state index contributed by atoms with van der Waals surface area (Å²) >= 11 is 0. The summed E-state index contributed by atoms with van der Waals surface area (Å²) < 4.78 is 0. The number of benzene rings is 2. The number of aliphatic hydroxyl groups excluding tert-OH is 1. The van der Waals surface area contributed by atoms with E-state index in [-0.39, 0.29) is 6.04 Å². The van der Waals surface area contributed by atoms with E-state index in [0.717, 1.165) is 12.1 Å². The fourth-order valence-electron chi connectivity index (χ4n) is 2.31. The molecule has 2 heteroatoms. The minimum absolute atomic E-state index is 0.0114. The molecule has 0 aliphatic heterocycles. The molecule has 2 aromatic carbocycles. The molecule has 0 saturated carbocycles. The molecule has 0 fully saturated rings. The number of aliphatic hydroxyl groups is 1. The Bertz CT molecular complexity index is 551. The molecule has 0 saturated heterocycles. The molecule has 2 N–H and O–H groups in total. The second kappa shape index (κ2) is 6.69. The summed E-state index contributed by atoms with van der Waals surface area (Å²) in [5.41, 5.74) is 4.79. The molecule has 2 rings (SSSR count). The van der Waals surface area contributed by atoms with E-state index in [0.29, 0.717) is 0 Å². The highest BCUT2D eigenvalue weighted by Gasteiger charge is 2.15. The van der Waals surface area contributed by atoms with Gasteiger partial charge >= 0.3 is 0 Å². The van der Waals surface area contributed by atoms with Crippen LogP contribution in [0, 0.1) is 13.8 Å². The molecule has 2 atom stereocenters. The Kier molecular flexibility index (Phi) is 4.94. The minimum Gasteiger partial charge on any atom is -0.387 e. The molecule has 0 radical (unpaired) electrons. The number of rotatable bonds is 5. The van der Waals surface area contributed by atoms with Crippen LogP contribution in [-0.4, -0.2) is 11.1 Å². The van der Waals surface area contributed by atoms with Crippen LogP contribution in [0.5, 0.6) is 0 Å². The molecule has 2 aromatic rings. The van der Waals surface area contributed by atoms with E-state index in [1.165, 1.54) is 16.7 Å². The van der Waals surface area contributed by atoms with Gasteiger partial charge in [-0.1, -0.05) is 54.1 Å². The largest absolute Gasteiger partial charge is 0.387 e. The van der Waals surface area contributed by atoms with Gasteiger partial charge in [0.2, 0.25) is 0 Å². The van der Waals surface area contributed by atoms with Crippen molar-refractivity contribution in [3.8, 4) is 0 Å². The Hall–Kier alpha value is -1.64. The van der Waals surface area contributed by atoms with Crippen LogP contribution in [0.25, 0.3) is 0 Å². The Morgan fingerprint density at radius 3 is 2.45 bits per heavy atom. The van der Waals surface area contributed by atoms with Gasteiger partial charge in [0.15, 0.2) is 0 Å². The molecular weight excluding hydrogens is 246 g/mol. The van der Waals surface area contributed by atoms with Crippen molar-refractivity contribution >= 4 is 0 Å². The smallest absolute Gasteiger partial charge is 0.0940 e. The predicted molar refractivity (Wildman–Crippen MR) is 83.6 cm³/mol. The first-order valence-electron chi connectivity index (χ1n) is 7.10. The third kappa shape index (κ3) is 3.69. The molecule has 0 aliphatic carbocycles. The van der Waals surface area contributed by atoms with Crippen molar-refractivity contribution in [3.05, 3.63) is 70.8 Å². The van der Waals surface area contributed by atoms with Crippen LogP contribution in [0.2, 0.25) is 0 Å². The highest BCUT2D eigenvalue weighted by Crippen LogP contribution is 2.17. The number of hydrogen-bond donors (Lipinski definition) is 2. The molecule has 2 nitrogen and oxygen atoms in total. The van der Waals surface area contributed by atoms with Crippen LogP contribution in [0.15, 0.2) is 48.5 Å². The predicted octanol–water partition coefficient (Wildman–Crippen LogP) is 3.52. The van der Waals surface area contributed by atoms with Gasteiger partial charge in [-0.2, -0.15) is 0 Å². The average Bonchev–Trinajstić information content (AvgIpc) is 2.48. The van der Waals surface area contributed by atoms with Gasteiger partial charge in [-0.25, -0.2) is 0 Å². The van der Waals surface area contributed by atoms with Gasteiger partial charge in [-0.3, -0.25) is 0 Å². The maximum absolute atomic E-state index is 10.3. The summed E-state index contributed by atoms with van der Waals surface area (Å²) in [5.74, 6) is 0. The molecule has 1 unspecified atom stereocenters. The van der Waals surface area contributed by atoms with Crippen molar-refractivity contribution in [1.29, 1.82) is 0 Å². The molecule has 0 spiro atoms. The Morgan fingerprint density at radius 2 is 1.75 bits per heavy atom. The lowest BCUT2D eigenvalue weighted by Gasteiger charge is -2.21. The van der Waals surface area contributed by atoms with Crippen molar-refractivity contribution in [1.82, 2.24) is 5.32 Å². The highest BCUT2D eigenvalue weighted by atomic mass is 16.3. The summed E-state index contributed by atoms with van der Waals surface area (Å²) in [5, 5.41) is 13.7. The van der Waals surface area contributed by atoms with Gasteiger partial charge in [0.05, 0.1) is 6.10 Å². The van der Waals surface area contributed by atoms with E-state index in [4.69, 9.17) is 0 Å². The fraction of sp³-hybridized carbons (Fsp3) is 0.333. The second-order valence-corrected chi connectivity index (χ2v) is 5.46. The van der Waals surface area contributed by atoms with E-state index in [2.05, 4.69) is 37.4 Å². The summed E-state index contributed by atoms with van der Waals surface area (Å²) in [6.45, 7) is 7.02. The number of nitrogens with one attached hydrogen (secondary N) is 1. The normalized spacial score (nSPS) is 14.0. The zero-order valence-corrected chi connectivity index (χ0v) is 12.4. The van der Waals surface area contributed by atoms with Crippen LogP contribution in [0.1, 0.15) is 35.3 Å². The number of aryl methyl sites for hydroxylation is 2. The summed E-state index contributed by atoms with van der Waals surface area (Å²) in [4.78, 5) is 0.